The maximum atomic E-state index is 13.4. The van der Waals surface area contributed by atoms with E-state index >= 15 is 0 Å². The lowest BCUT2D eigenvalue weighted by molar-refractivity contribution is 0.104. The van der Waals surface area contributed by atoms with Crippen molar-refractivity contribution in [2.75, 3.05) is 23.8 Å². The first-order chi connectivity index (χ1) is 15.3. The molecular formula is C22H19ClN2O5S2. The Morgan fingerprint density at radius 1 is 1.06 bits per heavy atom. The topological polar surface area (TPSA) is 84.9 Å². The maximum absolute atomic E-state index is 13.4. The number of rotatable bonds is 6. The van der Waals surface area contributed by atoms with Crippen LogP contribution in [0.15, 0.2) is 65.0 Å². The molecule has 0 spiro atoms. The van der Waals surface area contributed by atoms with E-state index in [2.05, 4.69) is 5.32 Å². The number of ketones is 1. The molecule has 0 atom stereocenters. The molecule has 0 unspecified atom stereocenters. The third-order valence-electron chi connectivity index (χ3n) is 4.90. The van der Waals surface area contributed by atoms with Gasteiger partial charge in [0.1, 0.15) is 4.88 Å². The van der Waals surface area contributed by atoms with Crippen molar-refractivity contribution in [3.8, 4) is 11.5 Å². The molecule has 2 heterocycles. The highest BCUT2D eigenvalue weighted by Gasteiger charge is 2.41. The Bertz CT molecular complexity index is 1300. The molecular weight excluding hydrogens is 472 g/mol. The zero-order valence-electron chi connectivity index (χ0n) is 17.2. The smallest absolute Gasteiger partial charge is 0.270 e. The second kappa shape index (κ2) is 8.85. The van der Waals surface area contributed by atoms with Crippen LogP contribution in [0.1, 0.15) is 15.2 Å². The summed E-state index contributed by atoms with van der Waals surface area (Å²) in [6, 6.07) is 13.6. The Hall–Kier alpha value is -3.01. The summed E-state index contributed by atoms with van der Waals surface area (Å²) >= 11 is 7.15. The zero-order chi connectivity index (χ0) is 22.9. The van der Waals surface area contributed by atoms with Gasteiger partial charge in [-0.15, -0.1) is 11.3 Å². The summed E-state index contributed by atoms with van der Waals surface area (Å²) < 4.78 is 38.6. The highest BCUT2D eigenvalue weighted by atomic mass is 35.5. The summed E-state index contributed by atoms with van der Waals surface area (Å²) in [6.07, 6.45) is 1.22. The molecule has 7 nitrogen and oxygen atoms in total. The fourth-order valence-electron chi connectivity index (χ4n) is 3.29. The highest BCUT2D eigenvalue weighted by molar-refractivity contribution is 7.97. The fraction of sp³-hybridized carbons (Fsp3) is 0.136. The second-order valence-electron chi connectivity index (χ2n) is 6.82. The van der Waals surface area contributed by atoms with Gasteiger partial charge in [-0.1, -0.05) is 23.7 Å². The van der Waals surface area contributed by atoms with E-state index in [4.69, 9.17) is 21.1 Å². The predicted octanol–water partition coefficient (Wildman–Crippen LogP) is 4.90. The van der Waals surface area contributed by atoms with Crippen LogP contribution in [0.25, 0.3) is 0 Å². The third kappa shape index (κ3) is 4.06. The summed E-state index contributed by atoms with van der Waals surface area (Å²) in [5, 5.41) is 5.17. The van der Waals surface area contributed by atoms with Crippen LogP contribution < -0.4 is 19.1 Å². The number of methoxy groups -OCH3 is 2. The Morgan fingerprint density at radius 2 is 1.78 bits per heavy atom. The highest BCUT2D eigenvalue weighted by Crippen LogP contribution is 2.39. The van der Waals surface area contributed by atoms with Gasteiger partial charge in [0.15, 0.2) is 16.4 Å². The van der Waals surface area contributed by atoms with E-state index in [0.717, 1.165) is 5.56 Å². The van der Waals surface area contributed by atoms with Gasteiger partial charge in [0, 0.05) is 23.0 Å². The number of benzene rings is 2. The number of nitrogens with one attached hydrogen (secondary N) is 1. The van der Waals surface area contributed by atoms with Crippen LogP contribution in [-0.4, -0.2) is 28.4 Å². The number of fused-ring (bicyclic) bond motifs is 1. The van der Waals surface area contributed by atoms with Crippen LogP contribution in [0.5, 0.6) is 11.5 Å². The molecule has 32 heavy (non-hydrogen) atoms. The maximum Gasteiger partial charge on any atom is 0.270 e. The molecule has 3 aromatic rings. The fourth-order valence-corrected chi connectivity index (χ4v) is 5.90. The number of carbonyl (C=O) groups excluding carboxylic acids is 1. The van der Waals surface area contributed by atoms with Crippen molar-refractivity contribution in [2.24, 2.45) is 0 Å². The zero-order valence-corrected chi connectivity index (χ0v) is 19.6. The summed E-state index contributed by atoms with van der Waals surface area (Å²) in [5.74, 6) is 0.457. The van der Waals surface area contributed by atoms with Crippen LogP contribution in [0.3, 0.4) is 0 Å². The number of anilines is 2. The molecule has 0 aliphatic carbocycles. The lowest BCUT2D eigenvalue weighted by atomic mass is 10.2. The Labute approximate surface area is 194 Å². The van der Waals surface area contributed by atoms with Crippen molar-refractivity contribution in [1.82, 2.24) is 0 Å². The van der Waals surface area contributed by atoms with Crippen molar-refractivity contribution < 1.29 is 22.7 Å². The van der Waals surface area contributed by atoms with Crippen LogP contribution >= 0.6 is 22.9 Å². The molecule has 166 valence electrons. The molecule has 1 aliphatic heterocycles. The number of carbonyl (C=O) groups is 1. The third-order valence-corrected chi connectivity index (χ3v) is 7.82. The van der Waals surface area contributed by atoms with Gasteiger partial charge in [-0.25, -0.2) is 8.42 Å². The summed E-state index contributed by atoms with van der Waals surface area (Å²) in [6.45, 7) is 0.0736. The summed E-state index contributed by atoms with van der Waals surface area (Å²) in [7, 11) is -1.08. The van der Waals surface area contributed by atoms with Crippen LogP contribution in [0, 0.1) is 0 Å². The molecule has 1 N–H and O–H groups in total. The number of halogens is 1. The van der Waals surface area contributed by atoms with E-state index in [9.17, 15) is 13.2 Å². The molecule has 0 fully saturated rings. The first-order valence-corrected chi connectivity index (χ1v) is 12.1. The normalized spacial score (nSPS) is 16.0. The van der Waals surface area contributed by atoms with Crippen LogP contribution in [0.4, 0.5) is 11.4 Å². The number of thiophene rings is 1. The largest absolute Gasteiger partial charge is 0.493 e. The van der Waals surface area contributed by atoms with Gasteiger partial charge in [0.05, 0.1) is 26.5 Å². The Kier molecular flexibility index (Phi) is 6.14. The quantitative estimate of drug-likeness (QED) is 0.494. The number of sulfonamides is 1. The monoisotopic (exact) mass is 490 g/mol. The number of hydrogen-bond donors (Lipinski definition) is 1. The van der Waals surface area contributed by atoms with E-state index < -0.39 is 15.8 Å². The van der Waals surface area contributed by atoms with Gasteiger partial charge in [-0.3, -0.25) is 9.10 Å². The average molecular weight is 491 g/mol. The van der Waals surface area contributed by atoms with E-state index in [1.165, 1.54) is 36.1 Å². The molecule has 1 aliphatic rings. The number of hydrogen-bond acceptors (Lipinski definition) is 7. The van der Waals surface area contributed by atoms with Crippen molar-refractivity contribution in [1.29, 1.82) is 0 Å². The lowest BCUT2D eigenvalue weighted by Gasteiger charge is -2.29. The van der Waals surface area contributed by atoms with Gasteiger partial charge in [0.2, 0.25) is 5.78 Å². The molecule has 0 bridgehead atoms. The minimum absolute atomic E-state index is 0.0736. The van der Waals surface area contributed by atoms with Gasteiger partial charge < -0.3 is 14.8 Å². The number of allylic oxidation sites excluding steroid dienone is 1. The van der Waals surface area contributed by atoms with Crippen molar-refractivity contribution in [3.05, 3.63) is 80.5 Å². The molecule has 0 saturated carbocycles. The lowest BCUT2D eigenvalue weighted by Crippen LogP contribution is -2.38. The van der Waals surface area contributed by atoms with Gasteiger partial charge in [-0.05, 0) is 41.3 Å². The first-order valence-electron chi connectivity index (χ1n) is 9.43. The van der Waals surface area contributed by atoms with E-state index in [1.807, 2.05) is 0 Å². The molecule has 1 aromatic heterocycles. The second-order valence-corrected chi connectivity index (χ2v) is 10.0. The van der Waals surface area contributed by atoms with Crippen molar-refractivity contribution >= 4 is 50.1 Å². The van der Waals surface area contributed by atoms with Crippen LogP contribution in [0.2, 0.25) is 5.02 Å². The molecule has 0 amide bonds. The number of Topliss-reactive ketones (excluding diaryl/α,β-unsaturated/α-hetero) is 1. The number of nitrogens with zero attached hydrogens (tertiary/aromatic N) is 1. The van der Waals surface area contributed by atoms with Crippen molar-refractivity contribution in [2.45, 2.75) is 6.54 Å². The van der Waals surface area contributed by atoms with E-state index in [1.54, 1.807) is 53.9 Å². The minimum atomic E-state index is -4.10. The number of ether oxygens (including phenoxy) is 2. The molecule has 0 saturated heterocycles. The van der Waals surface area contributed by atoms with Gasteiger partial charge >= 0.3 is 0 Å². The minimum Gasteiger partial charge on any atom is -0.493 e. The van der Waals surface area contributed by atoms with E-state index in [-0.39, 0.29) is 11.4 Å². The van der Waals surface area contributed by atoms with Gasteiger partial charge in [-0.2, -0.15) is 0 Å². The predicted molar refractivity (Wildman–Crippen MR) is 126 cm³/mol. The van der Waals surface area contributed by atoms with E-state index in [0.29, 0.717) is 32.8 Å². The summed E-state index contributed by atoms with van der Waals surface area (Å²) in [5.41, 5.74) is 1.66. The Morgan fingerprint density at radius 3 is 2.47 bits per heavy atom. The summed E-state index contributed by atoms with van der Waals surface area (Å²) in [4.78, 5) is 13.0. The first kappa shape index (κ1) is 22.2. The van der Waals surface area contributed by atoms with Crippen molar-refractivity contribution in [3.63, 3.8) is 0 Å². The SMILES string of the molecule is COc1ccc(NC=C2C(=O)c3sccc3N(Cc3ccc(Cl)cc3)S2(=O)=O)cc1OC. The molecule has 0 radical (unpaired) electrons. The molecule has 10 heteroatoms. The Balaban J connectivity index is 1.71. The molecule has 4 rings (SSSR count). The van der Waals surface area contributed by atoms with Crippen LogP contribution in [-0.2, 0) is 16.6 Å². The molecule has 2 aromatic carbocycles. The van der Waals surface area contributed by atoms with Gasteiger partial charge in [0.25, 0.3) is 10.0 Å². The average Bonchev–Trinajstić information content (AvgIpc) is 3.27. The standard InChI is InChI=1S/C22H19ClN2O5S2/c1-29-18-8-7-16(11-19(18)30-2)24-12-20-21(26)22-17(9-10-31-22)25(32(20,27)28)13-14-3-5-15(23)6-4-14/h3-12,24H,13H2,1-2H3.